The Kier molecular flexibility index (Phi) is 6.24. The van der Waals surface area contributed by atoms with Gasteiger partial charge in [0.1, 0.15) is 5.82 Å². The zero-order chi connectivity index (χ0) is 18.2. The van der Waals surface area contributed by atoms with Crippen molar-refractivity contribution in [2.45, 2.75) is 13.5 Å². The Morgan fingerprint density at radius 1 is 1.12 bits per heavy atom. The first-order valence-corrected chi connectivity index (χ1v) is 9.00. The Bertz CT molecular complexity index is 713. The molecule has 26 heavy (non-hydrogen) atoms. The van der Waals surface area contributed by atoms with E-state index in [1.165, 1.54) is 0 Å². The molecule has 3 rings (SSSR count). The second-order valence-corrected chi connectivity index (χ2v) is 5.96. The second-order valence-electron chi connectivity index (χ2n) is 5.96. The van der Waals surface area contributed by atoms with Crippen molar-refractivity contribution in [2.75, 3.05) is 44.7 Å². The zero-order valence-corrected chi connectivity index (χ0v) is 15.4. The average molecular weight is 354 g/mol. The minimum absolute atomic E-state index is 0.605. The standard InChI is InChI=1S/C19H26N6O/c1-3-26-18-16(7-6-10-22-18)15-23-19(20-2)25-13-11-24(12-14-25)17-8-4-5-9-21-17/h4-10H,3,11-15H2,1-2H3,(H,20,23). The number of rotatable bonds is 5. The van der Waals surface area contributed by atoms with Gasteiger partial charge in [-0.15, -0.1) is 0 Å². The summed E-state index contributed by atoms with van der Waals surface area (Å²) in [7, 11) is 1.82. The molecule has 0 aliphatic carbocycles. The molecule has 1 fully saturated rings. The minimum Gasteiger partial charge on any atom is -0.478 e. The topological polar surface area (TPSA) is 65.9 Å². The zero-order valence-electron chi connectivity index (χ0n) is 15.4. The van der Waals surface area contributed by atoms with Gasteiger partial charge in [0.25, 0.3) is 0 Å². The summed E-state index contributed by atoms with van der Waals surface area (Å²) in [5.41, 5.74) is 1.03. The molecule has 0 radical (unpaired) electrons. The van der Waals surface area contributed by atoms with E-state index in [1.807, 2.05) is 44.4 Å². The van der Waals surface area contributed by atoms with Gasteiger partial charge in [0, 0.05) is 57.7 Å². The number of aromatic nitrogens is 2. The molecule has 0 saturated carbocycles. The maximum absolute atomic E-state index is 5.59. The van der Waals surface area contributed by atoms with Crippen LogP contribution in [0.1, 0.15) is 12.5 Å². The molecule has 0 amide bonds. The van der Waals surface area contributed by atoms with Gasteiger partial charge in [-0.3, -0.25) is 4.99 Å². The van der Waals surface area contributed by atoms with Crippen LogP contribution in [-0.4, -0.2) is 60.7 Å². The summed E-state index contributed by atoms with van der Waals surface area (Å²) in [5.74, 6) is 2.61. The number of guanidine groups is 1. The van der Waals surface area contributed by atoms with Crippen LogP contribution < -0.4 is 15.0 Å². The van der Waals surface area contributed by atoms with Crippen molar-refractivity contribution < 1.29 is 4.74 Å². The molecular formula is C19H26N6O. The molecule has 138 valence electrons. The SMILES string of the molecule is CCOc1ncccc1CNC(=NC)N1CCN(c2ccccn2)CC1. The second kappa shape index (κ2) is 9.03. The monoisotopic (exact) mass is 354 g/mol. The molecule has 7 heteroatoms. The van der Waals surface area contributed by atoms with Crippen LogP contribution in [0.3, 0.4) is 0 Å². The lowest BCUT2D eigenvalue weighted by Crippen LogP contribution is -2.52. The number of aliphatic imine (C=N–C) groups is 1. The number of nitrogens with zero attached hydrogens (tertiary/aromatic N) is 5. The predicted octanol–water partition coefficient (Wildman–Crippen LogP) is 1.77. The van der Waals surface area contributed by atoms with Crippen molar-refractivity contribution in [3.63, 3.8) is 0 Å². The number of anilines is 1. The largest absolute Gasteiger partial charge is 0.478 e. The van der Waals surface area contributed by atoms with Gasteiger partial charge in [-0.25, -0.2) is 9.97 Å². The van der Waals surface area contributed by atoms with Crippen LogP contribution in [0.2, 0.25) is 0 Å². The number of nitrogens with one attached hydrogen (secondary N) is 1. The van der Waals surface area contributed by atoms with Gasteiger partial charge in [-0.1, -0.05) is 12.1 Å². The molecule has 1 N–H and O–H groups in total. The third-order valence-corrected chi connectivity index (χ3v) is 4.33. The van der Waals surface area contributed by atoms with E-state index in [0.29, 0.717) is 19.0 Å². The third-order valence-electron chi connectivity index (χ3n) is 4.33. The normalized spacial score (nSPS) is 15.1. The number of ether oxygens (including phenoxy) is 1. The molecular weight excluding hydrogens is 328 g/mol. The lowest BCUT2D eigenvalue weighted by Gasteiger charge is -2.37. The molecule has 1 aliphatic heterocycles. The van der Waals surface area contributed by atoms with Crippen LogP contribution in [0.4, 0.5) is 5.82 Å². The van der Waals surface area contributed by atoms with Gasteiger partial charge in [0.05, 0.1) is 6.61 Å². The summed E-state index contributed by atoms with van der Waals surface area (Å²) in [6.45, 7) is 6.86. The van der Waals surface area contributed by atoms with Crippen LogP contribution in [0.5, 0.6) is 5.88 Å². The highest BCUT2D eigenvalue weighted by Crippen LogP contribution is 2.15. The van der Waals surface area contributed by atoms with E-state index in [2.05, 4.69) is 36.1 Å². The third kappa shape index (κ3) is 4.41. The van der Waals surface area contributed by atoms with Crippen LogP contribution in [-0.2, 0) is 6.54 Å². The van der Waals surface area contributed by atoms with Gasteiger partial charge in [0.2, 0.25) is 5.88 Å². The summed E-state index contributed by atoms with van der Waals surface area (Å²) in [6.07, 6.45) is 3.59. The van der Waals surface area contributed by atoms with Gasteiger partial charge < -0.3 is 19.9 Å². The van der Waals surface area contributed by atoms with E-state index >= 15 is 0 Å². The maximum Gasteiger partial charge on any atom is 0.218 e. The van der Waals surface area contributed by atoms with Gasteiger partial charge in [0.15, 0.2) is 5.96 Å². The summed E-state index contributed by atoms with van der Waals surface area (Å²) in [4.78, 5) is 17.7. The van der Waals surface area contributed by atoms with Crippen LogP contribution >= 0.6 is 0 Å². The molecule has 0 unspecified atom stereocenters. The lowest BCUT2D eigenvalue weighted by molar-refractivity contribution is 0.322. The summed E-state index contributed by atoms with van der Waals surface area (Å²) >= 11 is 0. The summed E-state index contributed by atoms with van der Waals surface area (Å²) in [6, 6.07) is 9.98. The molecule has 7 nitrogen and oxygen atoms in total. The van der Waals surface area contributed by atoms with E-state index in [9.17, 15) is 0 Å². The summed E-state index contributed by atoms with van der Waals surface area (Å²) < 4.78 is 5.59. The lowest BCUT2D eigenvalue weighted by atomic mass is 10.2. The molecule has 1 saturated heterocycles. The molecule has 2 aromatic heterocycles. The first-order valence-electron chi connectivity index (χ1n) is 9.00. The quantitative estimate of drug-likeness (QED) is 0.652. The van der Waals surface area contributed by atoms with Gasteiger partial charge in [-0.2, -0.15) is 0 Å². The van der Waals surface area contributed by atoms with E-state index in [1.54, 1.807) is 6.20 Å². The van der Waals surface area contributed by atoms with E-state index in [0.717, 1.165) is 43.5 Å². The number of piperazine rings is 1. The first-order chi connectivity index (χ1) is 12.8. The molecule has 0 spiro atoms. The molecule has 3 heterocycles. The van der Waals surface area contributed by atoms with Gasteiger partial charge in [-0.05, 0) is 25.1 Å². The smallest absolute Gasteiger partial charge is 0.218 e. The van der Waals surface area contributed by atoms with Crippen LogP contribution in [0, 0.1) is 0 Å². The number of hydrogen-bond donors (Lipinski definition) is 1. The predicted molar refractivity (Wildman–Crippen MR) is 104 cm³/mol. The molecule has 2 aromatic rings. The van der Waals surface area contributed by atoms with E-state index in [4.69, 9.17) is 4.74 Å². The fourth-order valence-electron chi connectivity index (χ4n) is 3.02. The minimum atomic E-state index is 0.605. The highest BCUT2D eigenvalue weighted by molar-refractivity contribution is 5.80. The van der Waals surface area contributed by atoms with Crippen molar-refractivity contribution in [2.24, 2.45) is 4.99 Å². The number of hydrogen-bond acceptors (Lipinski definition) is 5. The van der Waals surface area contributed by atoms with Crippen molar-refractivity contribution in [1.29, 1.82) is 0 Å². The Labute approximate surface area is 154 Å². The van der Waals surface area contributed by atoms with Crippen molar-refractivity contribution in [1.82, 2.24) is 20.2 Å². The Hall–Kier alpha value is -2.83. The Morgan fingerprint density at radius 2 is 1.92 bits per heavy atom. The fraction of sp³-hybridized carbons (Fsp3) is 0.421. The maximum atomic E-state index is 5.59. The molecule has 1 aliphatic rings. The van der Waals surface area contributed by atoms with Crippen molar-refractivity contribution in [3.8, 4) is 5.88 Å². The molecule has 0 aromatic carbocycles. The van der Waals surface area contributed by atoms with Crippen molar-refractivity contribution >= 4 is 11.8 Å². The van der Waals surface area contributed by atoms with Crippen molar-refractivity contribution in [3.05, 3.63) is 48.3 Å². The Balaban J connectivity index is 1.56. The van der Waals surface area contributed by atoms with Gasteiger partial charge >= 0.3 is 0 Å². The molecule has 0 bridgehead atoms. The van der Waals surface area contributed by atoms with E-state index in [-0.39, 0.29) is 0 Å². The average Bonchev–Trinajstić information content (AvgIpc) is 2.71. The number of pyridine rings is 2. The fourth-order valence-corrected chi connectivity index (χ4v) is 3.02. The highest BCUT2D eigenvalue weighted by atomic mass is 16.5. The summed E-state index contributed by atoms with van der Waals surface area (Å²) in [5, 5.41) is 3.43. The Morgan fingerprint density at radius 3 is 2.62 bits per heavy atom. The van der Waals surface area contributed by atoms with E-state index < -0.39 is 0 Å². The van der Waals surface area contributed by atoms with Crippen LogP contribution in [0.15, 0.2) is 47.7 Å². The first kappa shape index (κ1) is 18.0. The molecule has 0 atom stereocenters. The van der Waals surface area contributed by atoms with Crippen LogP contribution in [0.25, 0.3) is 0 Å². The highest BCUT2D eigenvalue weighted by Gasteiger charge is 2.20.